The first-order valence-electron chi connectivity index (χ1n) is 6.84. The second-order valence-electron chi connectivity index (χ2n) is 4.19. The zero-order valence-electron chi connectivity index (χ0n) is 14.3. The van der Waals surface area contributed by atoms with Crippen LogP contribution in [0.4, 0.5) is 0 Å². The normalized spacial score (nSPS) is 10.9. The predicted molar refractivity (Wildman–Crippen MR) is 96.8 cm³/mol. The van der Waals surface area contributed by atoms with E-state index >= 15 is 0 Å². The third kappa shape index (κ3) is 24.2. The van der Waals surface area contributed by atoms with Crippen LogP contribution in [0.3, 0.4) is 0 Å². The molecule has 0 saturated heterocycles. The molecule has 0 heterocycles. The van der Waals surface area contributed by atoms with E-state index < -0.39 is 16.5 Å². The molecule has 0 rings (SSSR count). The van der Waals surface area contributed by atoms with Crippen molar-refractivity contribution in [2.24, 2.45) is 0 Å². The molecule has 0 aromatic rings. The average molecular weight is 418 g/mol. The zero-order chi connectivity index (χ0) is 18.8. The molecule has 8 nitrogen and oxygen atoms in total. The van der Waals surface area contributed by atoms with Crippen LogP contribution in [-0.2, 0) is 18.2 Å². The van der Waals surface area contributed by atoms with E-state index in [1.165, 1.54) is 0 Å². The van der Waals surface area contributed by atoms with Gasteiger partial charge in [-0.3, -0.25) is 9.80 Å². The summed E-state index contributed by atoms with van der Waals surface area (Å²) < 4.78 is 28.9. The van der Waals surface area contributed by atoms with Gasteiger partial charge in [0, 0.05) is 26.2 Å². The van der Waals surface area contributed by atoms with Gasteiger partial charge in [-0.05, 0) is 9.13 Å². The number of hydrogen-bond acceptors (Lipinski definition) is 8. The standard InChI is InChI=1S/2C7H12NO3P.Ca/c2*1-3-5-8(6-4-2)7-11-12(9)10;/h2*3-4H,1-2,5-7H2;/q;;+2. The first-order chi connectivity index (χ1) is 11.4. The Morgan fingerprint density at radius 2 is 0.960 bits per heavy atom. The minimum atomic E-state index is -2.76. The predicted octanol–water partition coefficient (Wildman–Crippen LogP) is 0.924. The van der Waals surface area contributed by atoms with Crippen molar-refractivity contribution in [1.29, 1.82) is 0 Å². The molecule has 0 saturated carbocycles. The van der Waals surface area contributed by atoms with Crippen molar-refractivity contribution in [2.75, 3.05) is 39.6 Å². The van der Waals surface area contributed by atoms with Crippen LogP contribution >= 0.6 is 16.5 Å². The summed E-state index contributed by atoms with van der Waals surface area (Å²) in [6.45, 7) is 16.5. The third-order valence-corrected chi connectivity index (χ3v) is 2.89. The Bertz CT molecular complexity index is 368. The molecule has 2 atom stereocenters. The first-order valence-corrected chi connectivity index (χ1v) is 9.03. The molecule has 0 N–H and O–H groups in total. The fraction of sp³-hybridized carbons (Fsp3) is 0.429. The second-order valence-corrected chi connectivity index (χ2v) is 5.60. The molecule has 0 aromatic carbocycles. The summed E-state index contributed by atoms with van der Waals surface area (Å²) in [5.74, 6) is 0. The van der Waals surface area contributed by atoms with Gasteiger partial charge in [0.2, 0.25) is 0 Å². The molecule has 11 heteroatoms. The Balaban J connectivity index is -0.000000372. The summed E-state index contributed by atoms with van der Waals surface area (Å²) in [4.78, 5) is 23.6. The van der Waals surface area contributed by atoms with Gasteiger partial charge in [-0.2, -0.15) is 0 Å². The molecule has 0 bridgehead atoms. The molecular formula is C14H24CaN2O6P2+2. The van der Waals surface area contributed by atoms with Gasteiger partial charge >= 0.3 is 54.2 Å². The molecule has 0 amide bonds. The minimum Gasteiger partial charge on any atom is -0.566 e. The average Bonchev–Trinajstić information content (AvgIpc) is 2.52. The van der Waals surface area contributed by atoms with Crippen LogP contribution in [0.1, 0.15) is 0 Å². The van der Waals surface area contributed by atoms with E-state index in [0.717, 1.165) is 0 Å². The second kappa shape index (κ2) is 22.2. The van der Waals surface area contributed by atoms with Crippen molar-refractivity contribution >= 4 is 54.2 Å². The van der Waals surface area contributed by atoms with Gasteiger partial charge in [-0.15, -0.1) is 35.4 Å². The van der Waals surface area contributed by atoms with Crippen molar-refractivity contribution in [1.82, 2.24) is 9.80 Å². The number of nitrogens with zero attached hydrogens (tertiary/aromatic N) is 2. The molecule has 25 heavy (non-hydrogen) atoms. The van der Waals surface area contributed by atoms with E-state index in [-0.39, 0.29) is 51.2 Å². The van der Waals surface area contributed by atoms with Crippen LogP contribution in [-0.4, -0.2) is 87.2 Å². The van der Waals surface area contributed by atoms with E-state index in [0.29, 0.717) is 26.2 Å². The van der Waals surface area contributed by atoms with Gasteiger partial charge < -0.3 is 9.79 Å². The fourth-order valence-electron chi connectivity index (χ4n) is 1.35. The quantitative estimate of drug-likeness (QED) is 0.178. The summed E-state index contributed by atoms with van der Waals surface area (Å²) in [6, 6.07) is 0. The summed E-state index contributed by atoms with van der Waals surface area (Å²) in [5.41, 5.74) is 0. The smallest absolute Gasteiger partial charge is 0.566 e. The van der Waals surface area contributed by atoms with E-state index in [2.05, 4.69) is 35.4 Å². The molecule has 2 unspecified atom stereocenters. The van der Waals surface area contributed by atoms with Gasteiger partial charge in [-0.25, -0.2) is 0 Å². The summed E-state index contributed by atoms with van der Waals surface area (Å²) >= 11 is 0. The first kappa shape index (κ1) is 29.9. The molecule has 136 valence electrons. The maximum Gasteiger partial charge on any atom is 2.00 e. The van der Waals surface area contributed by atoms with Crippen LogP contribution in [0.2, 0.25) is 0 Å². The van der Waals surface area contributed by atoms with Crippen molar-refractivity contribution in [3.63, 3.8) is 0 Å². The Hall–Kier alpha value is 0.180. The van der Waals surface area contributed by atoms with Gasteiger partial charge in [0.25, 0.3) is 0 Å². The molecule has 0 aliphatic rings. The van der Waals surface area contributed by atoms with Gasteiger partial charge in [0.05, 0.1) is 0 Å². The topological polar surface area (TPSA) is 105 Å². The van der Waals surface area contributed by atoms with Crippen LogP contribution in [0, 0.1) is 0 Å². The Kier molecular flexibility index (Phi) is 26.6. The maximum absolute atomic E-state index is 10.0. The molecule has 0 fully saturated rings. The Morgan fingerprint density at radius 3 is 1.12 bits per heavy atom. The van der Waals surface area contributed by atoms with E-state index in [1.807, 2.05) is 0 Å². The van der Waals surface area contributed by atoms with Gasteiger partial charge in [0.1, 0.15) is 0 Å². The molecule has 0 radical (unpaired) electrons. The fourth-order valence-corrected chi connectivity index (χ4v) is 1.86. The zero-order valence-corrected chi connectivity index (χ0v) is 18.3. The summed E-state index contributed by atoms with van der Waals surface area (Å²) in [5, 5.41) is 0. The molecule has 0 aliphatic carbocycles. The summed E-state index contributed by atoms with van der Waals surface area (Å²) in [7, 11) is -5.53. The Labute approximate surface area is 181 Å². The van der Waals surface area contributed by atoms with Crippen molar-refractivity contribution in [3.05, 3.63) is 50.6 Å². The van der Waals surface area contributed by atoms with Crippen LogP contribution in [0.15, 0.2) is 50.6 Å². The van der Waals surface area contributed by atoms with Crippen molar-refractivity contribution < 1.29 is 28.0 Å². The minimum absolute atomic E-state index is 0. The van der Waals surface area contributed by atoms with Crippen LogP contribution < -0.4 is 9.79 Å². The SMILES string of the molecule is C=CCN(CC=C)CO[P+](=O)[O-].C=CCN(CC=C)CO[P+](=O)[O-].[Ca+2]. The molecule has 0 aromatic heterocycles. The van der Waals surface area contributed by atoms with Crippen LogP contribution in [0.5, 0.6) is 0 Å². The van der Waals surface area contributed by atoms with E-state index in [4.69, 9.17) is 0 Å². The number of rotatable bonds is 14. The largest absolute Gasteiger partial charge is 2.00 e. The maximum atomic E-state index is 10.0. The Morgan fingerprint density at radius 1 is 0.720 bits per heavy atom. The molecular weight excluding hydrogens is 394 g/mol. The van der Waals surface area contributed by atoms with Gasteiger partial charge in [-0.1, -0.05) is 24.3 Å². The van der Waals surface area contributed by atoms with E-state index in [9.17, 15) is 18.9 Å². The van der Waals surface area contributed by atoms with Crippen molar-refractivity contribution in [2.45, 2.75) is 0 Å². The monoisotopic (exact) mass is 418 g/mol. The molecule has 0 spiro atoms. The molecule has 0 aliphatic heterocycles. The third-order valence-electron chi connectivity index (χ3n) is 2.24. The van der Waals surface area contributed by atoms with Gasteiger partial charge in [0.15, 0.2) is 13.5 Å². The number of hydrogen-bond donors (Lipinski definition) is 0. The van der Waals surface area contributed by atoms with E-state index in [1.54, 1.807) is 34.1 Å². The van der Waals surface area contributed by atoms with Crippen molar-refractivity contribution in [3.8, 4) is 0 Å². The summed E-state index contributed by atoms with van der Waals surface area (Å²) in [6.07, 6.45) is 6.69. The van der Waals surface area contributed by atoms with Crippen LogP contribution in [0.25, 0.3) is 0 Å².